The van der Waals surface area contributed by atoms with Gasteiger partial charge in [0, 0.05) is 35.7 Å². The van der Waals surface area contributed by atoms with Gasteiger partial charge in [-0.1, -0.05) is 46.3 Å². The van der Waals surface area contributed by atoms with Gasteiger partial charge in [-0.25, -0.2) is 0 Å². The number of benzene rings is 2. The van der Waals surface area contributed by atoms with E-state index < -0.39 is 0 Å². The molecular formula is C20H19BrN2O2. The van der Waals surface area contributed by atoms with Crippen LogP contribution in [0.25, 0.3) is 6.08 Å². The van der Waals surface area contributed by atoms with E-state index in [-0.39, 0.29) is 11.8 Å². The van der Waals surface area contributed by atoms with Crippen LogP contribution in [0.1, 0.15) is 24.0 Å². The Morgan fingerprint density at radius 3 is 2.60 bits per heavy atom. The van der Waals surface area contributed by atoms with Gasteiger partial charge in [0.05, 0.1) is 0 Å². The Morgan fingerprint density at radius 1 is 1.16 bits per heavy atom. The standard InChI is InChI=1S/C20H19BrN2O2/c21-18-5-2-1-4-16(18)9-12-19(24)22-14-15-7-10-17(11-8-15)23-13-3-6-20(23)25/h1-2,4-5,7-12H,3,6,13-14H2,(H,22,24)/b12-9+. The van der Waals surface area contributed by atoms with E-state index in [9.17, 15) is 9.59 Å². The lowest BCUT2D eigenvalue weighted by Crippen LogP contribution is -2.23. The van der Waals surface area contributed by atoms with Crippen molar-refractivity contribution in [1.82, 2.24) is 5.32 Å². The van der Waals surface area contributed by atoms with Gasteiger partial charge in [-0.05, 0) is 41.8 Å². The van der Waals surface area contributed by atoms with Crippen molar-refractivity contribution in [2.24, 2.45) is 0 Å². The number of anilines is 1. The molecule has 1 heterocycles. The maximum absolute atomic E-state index is 12.0. The van der Waals surface area contributed by atoms with Gasteiger partial charge in [-0.3, -0.25) is 9.59 Å². The molecule has 0 aliphatic carbocycles. The van der Waals surface area contributed by atoms with Crippen molar-refractivity contribution >= 4 is 39.5 Å². The second-order valence-electron chi connectivity index (χ2n) is 5.89. The Kier molecular flexibility index (Phi) is 5.66. The van der Waals surface area contributed by atoms with Crippen LogP contribution in [0.4, 0.5) is 5.69 Å². The number of hydrogen-bond donors (Lipinski definition) is 1. The quantitative estimate of drug-likeness (QED) is 0.776. The molecule has 2 aromatic rings. The van der Waals surface area contributed by atoms with E-state index in [0.29, 0.717) is 13.0 Å². The lowest BCUT2D eigenvalue weighted by molar-refractivity contribution is -0.117. The van der Waals surface area contributed by atoms with E-state index in [1.54, 1.807) is 6.08 Å². The van der Waals surface area contributed by atoms with Crippen molar-refractivity contribution in [3.8, 4) is 0 Å². The van der Waals surface area contributed by atoms with Crippen molar-refractivity contribution in [3.63, 3.8) is 0 Å². The van der Waals surface area contributed by atoms with Gasteiger partial charge in [0.2, 0.25) is 11.8 Å². The Labute approximate surface area is 155 Å². The molecule has 1 aliphatic rings. The van der Waals surface area contributed by atoms with Gasteiger partial charge in [-0.2, -0.15) is 0 Å². The lowest BCUT2D eigenvalue weighted by Gasteiger charge is -2.15. The summed E-state index contributed by atoms with van der Waals surface area (Å²) in [6, 6.07) is 15.5. The number of carbonyl (C=O) groups is 2. The van der Waals surface area contributed by atoms with Crippen LogP contribution < -0.4 is 10.2 Å². The van der Waals surface area contributed by atoms with Crippen molar-refractivity contribution in [1.29, 1.82) is 0 Å². The zero-order valence-electron chi connectivity index (χ0n) is 13.7. The summed E-state index contributed by atoms with van der Waals surface area (Å²) >= 11 is 3.45. The molecule has 0 atom stereocenters. The van der Waals surface area contributed by atoms with Crippen molar-refractivity contribution in [2.75, 3.05) is 11.4 Å². The molecule has 1 aliphatic heterocycles. The number of rotatable bonds is 5. The monoisotopic (exact) mass is 398 g/mol. The summed E-state index contributed by atoms with van der Waals surface area (Å²) in [5.74, 6) is 0.0350. The summed E-state index contributed by atoms with van der Waals surface area (Å²) in [6.45, 7) is 1.24. The third-order valence-electron chi connectivity index (χ3n) is 4.11. The van der Waals surface area contributed by atoms with Crippen molar-refractivity contribution in [3.05, 3.63) is 70.2 Å². The first-order valence-electron chi connectivity index (χ1n) is 8.23. The molecule has 4 nitrogen and oxygen atoms in total. The largest absolute Gasteiger partial charge is 0.348 e. The van der Waals surface area contributed by atoms with E-state index in [1.165, 1.54) is 6.08 Å². The van der Waals surface area contributed by atoms with Crippen LogP contribution in [-0.4, -0.2) is 18.4 Å². The van der Waals surface area contributed by atoms with Gasteiger partial charge < -0.3 is 10.2 Å². The van der Waals surface area contributed by atoms with Gasteiger partial charge in [0.25, 0.3) is 0 Å². The zero-order chi connectivity index (χ0) is 17.6. The van der Waals surface area contributed by atoms with Crippen LogP contribution >= 0.6 is 15.9 Å². The number of nitrogens with zero attached hydrogens (tertiary/aromatic N) is 1. The molecule has 5 heteroatoms. The maximum atomic E-state index is 12.0. The summed E-state index contributed by atoms with van der Waals surface area (Å²) in [7, 11) is 0. The topological polar surface area (TPSA) is 49.4 Å². The van der Waals surface area contributed by atoms with E-state index in [0.717, 1.165) is 34.3 Å². The fourth-order valence-electron chi connectivity index (χ4n) is 2.74. The molecule has 0 aromatic heterocycles. The Bertz CT molecular complexity index is 800. The minimum atomic E-state index is -0.144. The van der Waals surface area contributed by atoms with Crippen LogP contribution in [0.5, 0.6) is 0 Å². The minimum Gasteiger partial charge on any atom is -0.348 e. The second kappa shape index (κ2) is 8.12. The maximum Gasteiger partial charge on any atom is 0.244 e. The Balaban J connectivity index is 1.54. The third-order valence-corrected chi connectivity index (χ3v) is 4.83. The van der Waals surface area contributed by atoms with Crippen molar-refractivity contribution in [2.45, 2.75) is 19.4 Å². The van der Waals surface area contributed by atoms with Crippen LogP contribution in [0.15, 0.2) is 59.1 Å². The first-order chi connectivity index (χ1) is 12.1. The average Bonchev–Trinajstić information content (AvgIpc) is 3.06. The summed E-state index contributed by atoms with van der Waals surface area (Å²) in [4.78, 5) is 25.5. The first-order valence-corrected chi connectivity index (χ1v) is 9.02. The molecular weight excluding hydrogens is 380 g/mol. The highest BCUT2D eigenvalue weighted by atomic mass is 79.9. The van der Waals surface area contributed by atoms with Gasteiger partial charge in [0.15, 0.2) is 0 Å². The lowest BCUT2D eigenvalue weighted by atomic mass is 10.2. The first kappa shape index (κ1) is 17.4. The minimum absolute atomic E-state index is 0.144. The molecule has 3 rings (SSSR count). The SMILES string of the molecule is O=C(/C=C/c1ccccc1Br)NCc1ccc(N2CCCC2=O)cc1. The van der Waals surface area contributed by atoms with Gasteiger partial charge in [-0.15, -0.1) is 0 Å². The number of nitrogens with one attached hydrogen (secondary N) is 1. The average molecular weight is 399 g/mol. The number of amides is 2. The Morgan fingerprint density at radius 2 is 1.92 bits per heavy atom. The number of hydrogen-bond acceptors (Lipinski definition) is 2. The van der Waals surface area contributed by atoms with E-state index >= 15 is 0 Å². The number of halogens is 1. The molecule has 0 bridgehead atoms. The fraction of sp³-hybridized carbons (Fsp3) is 0.200. The van der Waals surface area contributed by atoms with Gasteiger partial charge in [0.1, 0.15) is 0 Å². The van der Waals surface area contributed by atoms with E-state index in [2.05, 4.69) is 21.2 Å². The fourth-order valence-corrected chi connectivity index (χ4v) is 3.16. The smallest absolute Gasteiger partial charge is 0.244 e. The van der Waals surface area contributed by atoms with E-state index in [1.807, 2.05) is 53.4 Å². The molecule has 0 unspecified atom stereocenters. The van der Waals surface area contributed by atoms with Crippen LogP contribution in [0.3, 0.4) is 0 Å². The third kappa shape index (κ3) is 4.57. The predicted molar refractivity (Wildman–Crippen MR) is 103 cm³/mol. The summed E-state index contributed by atoms with van der Waals surface area (Å²) in [6.07, 6.45) is 4.85. The highest BCUT2D eigenvalue weighted by molar-refractivity contribution is 9.10. The molecule has 1 fully saturated rings. The summed E-state index contributed by atoms with van der Waals surface area (Å²) in [5.41, 5.74) is 2.88. The highest BCUT2D eigenvalue weighted by Crippen LogP contribution is 2.21. The van der Waals surface area contributed by atoms with E-state index in [4.69, 9.17) is 0 Å². The predicted octanol–water partition coefficient (Wildman–Crippen LogP) is 3.91. The normalized spacial score (nSPS) is 14.3. The Hall–Kier alpha value is -2.40. The summed E-state index contributed by atoms with van der Waals surface area (Å²) in [5, 5.41) is 2.86. The van der Waals surface area contributed by atoms with Crippen molar-refractivity contribution < 1.29 is 9.59 Å². The molecule has 2 amide bonds. The molecule has 25 heavy (non-hydrogen) atoms. The molecule has 0 saturated carbocycles. The molecule has 2 aromatic carbocycles. The summed E-state index contributed by atoms with van der Waals surface area (Å²) < 4.78 is 0.950. The highest BCUT2D eigenvalue weighted by Gasteiger charge is 2.21. The molecule has 1 N–H and O–H groups in total. The molecule has 0 spiro atoms. The van der Waals surface area contributed by atoms with Crippen LogP contribution in [-0.2, 0) is 16.1 Å². The zero-order valence-corrected chi connectivity index (χ0v) is 15.3. The molecule has 0 radical (unpaired) electrons. The number of carbonyl (C=O) groups excluding carboxylic acids is 2. The molecule has 128 valence electrons. The van der Waals surface area contributed by atoms with Crippen LogP contribution in [0, 0.1) is 0 Å². The van der Waals surface area contributed by atoms with Gasteiger partial charge >= 0.3 is 0 Å². The van der Waals surface area contributed by atoms with Crippen LogP contribution in [0.2, 0.25) is 0 Å². The molecule has 1 saturated heterocycles. The second-order valence-corrected chi connectivity index (χ2v) is 6.74.